The van der Waals surface area contributed by atoms with Crippen LogP contribution in [-0.2, 0) is 0 Å². The molecule has 1 aromatic heterocycles. The molecule has 0 aliphatic heterocycles. The Morgan fingerprint density at radius 1 is 1.70 bits per heavy atom. The first-order valence-electron chi connectivity index (χ1n) is 2.77. The van der Waals surface area contributed by atoms with Gasteiger partial charge in [-0.1, -0.05) is 6.58 Å². The molecule has 52 valence electrons. The first-order valence-corrected chi connectivity index (χ1v) is 2.77. The third-order valence-corrected chi connectivity index (χ3v) is 1.11. The molecule has 3 heteroatoms. The minimum absolute atomic E-state index is 0.315. The van der Waals surface area contributed by atoms with E-state index in [9.17, 15) is 4.39 Å². The summed E-state index contributed by atoms with van der Waals surface area (Å²) in [5.74, 6) is -0.428. The lowest BCUT2D eigenvalue weighted by molar-refractivity contribution is 0.622. The highest BCUT2D eigenvalue weighted by molar-refractivity contribution is 5.58. The fourth-order valence-electron chi connectivity index (χ4n) is 0.636. The van der Waals surface area contributed by atoms with Crippen molar-refractivity contribution < 1.29 is 4.39 Å². The SMILES string of the molecule is C=Cc1ncc(F)cc1N. The molecule has 0 unspecified atom stereocenters. The molecule has 0 atom stereocenters. The fraction of sp³-hybridized carbons (Fsp3) is 0. The quantitative estimate of drug-likeness (QED) is 0.637. The van der Waals surface area contributed by atoms with Crippen LogP contribution in [-0.4, -0.2) is 4.98 Å². The van der Waals surface area contributed by atoms with E-state index in [2.05, 4.69) is 11.6 Å². The van der Waals surface area contributed by atoms with Crippen LogP contribution >= 0.6 is 0 Å². The lowest BCUT2D eigenvalue weighted by Gasteiger charge is -1.96. The lowest BCUT2D eigenvalue weighted by Crippen LogP contribution is -1.93. The Morgan fingerprint density at radius 3 is 2.90 bits per heavy atom. The van der Waals surface area contributed by atoms with E-state index >= 15 is 0 Å². The first-order chi connectivity index (χ1) is 4.74. The van der Waals surface area contributed by atoms with E-state index in [1.54, 1.807) is 0 Å². The number of pyridine rings is 1. The molecule has 1 aromatic rings. The van der Waals surface area contributed by atoms with E-state index in [1.807, 2.05) is 0 Å². The van der Waals surface area contributed by atoms with Crippen molar-refractivity contribution in [3.8, 4) is 0 Å². The number of halogens is 1. The van der Waals surface area contributed by atoms with Gasteiger partial charge in [0.05, 0.1) is 17.6 Å². The first kappa shape index (κ1) is 6.74. The minimum Gasteiger partial charge on any atom is -0.397 e. The van der Waals surface area contributed by atoms with Crippen LogP contribution in [0.2, 0.25) is 0 Å². The Labute approximate surface area is 58.2 Å². The van der Waals surface area contributed by atoms with Gasteiger partial charge < -0.3 is 5.73 Å². The van der Waals surface area contributed by atoms with Gasteiger partial charge in [0, 0.05) is 6.07 Å². The summed E-state index contributed by atoms with van der Waals surface area (Å²) in [5.41, 5.74) is 6.19. The fourth-order valence-corrected chi connectivity index (χ4v) is 0.636. The number of nitrogens with two attached hydrogens (primary N) is 1. The normalized spacial score (nSPS) is 9.30. The van der Waals surface area contributed by atoms with Crippen LogP contribution in [0.25, 0.3) is 6.08 Å². The topological polar surface area (TPSA) is 38.9 Å². The zero-order chi connectivity index (χ0) is 7.56. The van der Waals surface area contributed by atoms with E-state index in [1.165, 1.54) is 12.1 Å². The van der Waals surface area contributed by atoms with Gasteiger partial charge in [0.2, 0.25) is 0 Å². The molecule has 0 radical (unpaired) electrons. The van der Waals surface area contributed by atoms with E-state index in [4.69, 9.17) is 5.73 Å². The second-order valence-electron chi connectivity index (χ2n) is 1.83. The summed E-state index contributed by atoms with van der Waals surface area (Å²) in [6.07, 6.45) is 2.59. The Hall–Kier alpha value is -1.38. The Balaban J connectivity index is 3.19. The number of hydrogen-bond acceptors (Lipinski definition) is 2. The average molecular weight is 138 g/mol. The molecule has 0 bridgehead atoms. The summed E-state index contributed by atoms with van der Waals surface area (Å²) in [5, 5.41) is 0. The maximum atomic E-state index is 12.3. The van der Waals surface area contributed by atoms with Crippen molar-refractivity contribution in [2.75, 3.05) is 5.73 Å². The van der Waals surface area contributed by atoms with Crippen LogP contribution in [0.5, 0.6) is 0 Å². The van der Waals surface area contributed by atoms with Crippen LogP contribution in [0.15, 0.2) is 18.8 Å². The molecule has 10 heavy (non-hydrogen) atoms. The van der Waals surface area contributed by atoms with Crippen molar-refractivity contribution in [1.82, 2.24) is 4.98 Å². The lowest BCUT2D eigenvalue weighted by atomic mass is 10.3. The summed E-state index contributed by atoms with van der Waals surface area (Å²) < 4.78 is 12.3. The van der Waals surface area contributed by atoms with Gasteiger partial charge in [-0.25, -0.2) is 4.39 Å². The Morgan fingerprint density at radius 2 is 2.40 bits per heavy atom. The number of nitrogens with zero attached hydrogens (tertiary/aromatic N) is 1. The number of rotatable bonds is 1. The van der Waals surface area contributed by atoms with Gasteiger partial charge in [0.25, 0.3) is 0 Å². The molecule has 0 saturated carbocycles. The van der Waals surface area contributed by atoms with Gasteiger partial charge in [-0.05, 0) is 6.08 Å². The van der Waals surface area contributed by atoms with Gasteiger partial charge in [-0.15, -0.1) is 0 Å². The molecule has 2 nitrogen and oxygen atoms in total. The van der Waals surface area contributed by atoms with Gasteiger partial charge in [0.1, 0.15) is 5.82 Å². The molecule has 0 fully saturated rings. The molecule has 0 aliphatic carbocycles. The third kappa shape index (κ3) is 1.13. The van der Waals surface area contributed by atoms with Crippen molar-refractivity contribution in [2.45, 2.75) is 0 Å². The summed E-state index contributed by atoms with van der Waals surface area (Å²) in [7, 11) is 0. The van der Waals surface area contributed by atoms with Crippen LogP contribution in [0.4, 0.5) is 10.1 Å². The van der Waals surface area contributed by atoms with Gasteiger partial charge >= 0.3 is 0 Å². The highest BCUT2D eigenvalue weighted by Gasteiger charge is 1.96. The number of anilines is 1. The smallest absolute Gasteiger partial charge is 0.143 e. The molecule has 0 spiro atoms. The predicted molar refractivity (Wildman–Crippen MR) is 38.7 cm³/mol. The van der Waals surface area contributed by atoms with Crippen LogP contribution in [0.3, 0.4) is 0 Å². The van der Waals surface area contributed by atoms with Gasteiger partial charge in [-0.2, -0.15) is 0 Å². The molecule has 0 aliphatic rings. The molecule has 1 heterocycles. The van der Waals surface area contributed by atoms with Crippen molar-refractivity contribution >= 4 is 11.8 Å². The monoisotopic (exact) mass is 138 g/mol. The van der Waals surface area contributed by atoms with Crippen LogP contribution in [0, 0.1) is 5.82 Å². The molecule has 0 amide bonds. The standard InChI is InChI=1S/C7H7FN2/c1-2-7-6(9)3-5(8)4-10-7/h2-4H,1,9H2. The maximum Gasteiger partial charge on any atom is 0.143 e. The minimum atomic E-state index is -0.428. The predicted octanol–water partition coefficient (Wildman–Crippen LogP) is 1.45. The average Bonchev–Trinajstić information content (AvgIpc) is 1.88. The summed E-state index contributed by atoms with van der Waals surface area (Å²) >= 11 is 0. The third-order valence-electron chi connectivity index (χ3n) is 1.11. The van der Waals surface area contributed by atoms with E-state index in [-0.39, 0.29) is 0 Å². The van der Waals surface area contributed by atoms with E-state index in [0.29, 0.717) is 11.4 Å². The largest absolute Gasteiger partial charge is 0.397 e. The molecular formula is C7H7FN2. The second-order valence-corrected chi connectivity index (χ2v) is 1.83. The second kappa shape index (κ2) is 2.47. The molecule has 0 saturated heterocycles. The highest BCUT2D eigenvalue weighted by atomic mass is 19.1. The number of hydrogen-bond donors (Lipinski definition) is 1. The molecule has 2 N–H and O–H groups in total. The summed E-state index contributed by atoms with van der Waals surface area (Å²) in [6.45, 7) is 3.46. The van der Waals surface area contributed by atoms with E-state index in [0.717, 1.165) is 6.20 Å². The summed E-state index contributed by atoms with van der Waals surface area (Å²) in [4.78, 5) is 3.68. The zero-order valence-corrected chi connectivity index (χ0v) is 5.34. The van der Waals surface area contributed by atoms with Crippen molar-refractivity contribution in [1.29, 1.82) is 0 Å². The zero-order valence-electron chi connectivity index (χ0n) is 5.34. The summed E-state index contributed by atoms with van der Waals surface area (Å²) in [6, 6.07) is 1.21. The maximum absolute atomic E-state index is 12.3. The van der Waals surface area contributed by atoms with Crippen molar-refractivity contribution in [3.05, 3.63) is 30.4 Å². The highest BCUT2D eigenvalue weighted by Crippen LogP contribution is 2.09. The van der Waals surface area contributed by atoms with Crippen LogP contribution in [0.1, 0.15) is 5.69 Å². The molecular weight excluding hydrogens is 131 g/mol. The van der Waals surface area contributed by atoms with Gasteiger partial charge in [0.15, 0.2) is 0 Å². The van der Waals surface area contributed by atoms with Gasteiger partial charge in [-0.3, -0.25) is 4.98 Å². The number of aromatic nitrogens is 1. The molecule has 0 aromatic carbocycles. The van der Waals surface area contributed by atoms with E-state index < -0.39 is 5.82 Å². The Bertz CT molecular complexity index is 258. The molecule has 1 rings (SSSR count). The Kier molecular flexibility index (Phi) is 1.67. The van der Waals surface area contributed by atoms with Crippen LogP contribution < -0.4 is 5.73 Å². The number of nitrogen functional groups attached to an aromatic ring is 1. The van der Waals surface area contributed by atoms with Crippen molar-refractivity contribution in [2.24, 2.45) is 0 Å². The van der Waals surface area contributed by atoms with Crippen molar-refractivity contribution in [3.63, 3.8) is 0 Å².